The predicted octanol–water partition coefficient (Wildman–Crippen LogP) is 3.34. The van der Waals surface area contributed by atoms with Crippen LogP contribution in [0.25, 0.3) is 0 Å². The topological polar surface area (TPSA) is 35.2 Å². The Morgan fingerprint density at radius 1 is 0.950 bits per heavy atom. The van der Waals surface area contributed by atoms with Crippen molar-refractivity contribution in [3.8, 4) is 5.75 Å². The highest BCUT2D eigenvalue weighted by molar-refractivity contribution is 5.29. The van der Waals surface area contributed by atoms with Gasteiger partial charge < -0.3 is 10.5 Å². The van der Waals surface area contributed by atoms with E-state index in [9.17, 15) is 4.39 Å². The molecule has 2 nitrogen and oxygen atoms in total. The number of rotatable bonds is 7. The second-order valence-electron chi connectivity index (χ2n) is 4.77. The van der Waals surface area contributed by atoms with E-state index in [0.717, 1.165) is 18.4 Å². The summed E-state index contributed by atoms with van der Waals surface area (Å²) in [6.07, 6.45) is 2.54. The first-order valence-corrected chi connectivity index (χ1v) is 6.94. The van der Waals surface area contributed by atoms with E-state index in [1.54, 1.807) is 0 Å². The van der Waals surface area contributed by atoms with E-state index in [2.05, 4.69) is 12.1 Å². The second-order valence-corrected chi connectivity index (χ2v) is 4.77. The molecule has 0 saturated heterocycles. The van der Waals surface area contributed by atoms with Crippen LogP contribution in [0.3, 0.4) is 0 Å². The van der Waals surface area contributed by atoms with Gasteiger partial charge in [-0.1, -0.05) is 30.3 Å². The highest BCUT2D eigenvalue weighted by Crippen LogP contribution is 2.17. The Balaban J connectivity index is 1.81. The van der Waals surface area contributed by atoms with Crippen LogP contribution in [0.15, 0.2) is 48.5 Å². The smallest absolute Gasteiger partial charge is 0.127 e. The molecular formula is C17H20FNO. The van der Waals surface area contributed by atoms with Gasteiger partial charge in [0.05, 0.1) is 6.61 Å². The van der Waals surface area contributed by atoms with Crippen LogP contribution in [0.4, 0.5) is 4.39 Å². The first kappa shape index (κ1) is 14.5. The van der Waals surface area contributed by atoms with Gasteiger partial charge in [-0.05, 0) is 49.1 Å². The molecule has 0 spiro atoms. The van der Waals surface area contributed by atoms with Crippen molar-refractivity contribution in [1.82, 2.24) is 0 Å². The predicted molar refractivity (Wildman–Crippen MR) is 79.4 cm³/mol. The van der Waals surface area contributed by atoms with Gasteiger partial charge in [-0.3, -0.25) is 0 Å². The van der Waals surface area contributed by atoms with Crippen LogP contribution in [0.2, 0.25) is 0 Å². The normalized spacial score (nSPS) is 10.5. The molecule has 0 amide bonds. The molecule has 0 aliphatic rings. The number of halogens is 1. The van der Waals surface area contributed by atoms with Crippen molar-refractivity contribution < 1.29 is 9.13 Å². The van der Waals surface area contributed by atoms with Crippen molar-refractivity contribution in [2.24, 2.45) is 5.73 Å². The highest BCUT2D eigenvalue weighted by Gasteiger charge is 2.02. The molecule has 0 fully saturated rings. The minimum atomic E-state index is -0.269. The summed E-state index contributed by atoms with van der Waals surface area (Å²) in [6, 6.07) is 15.0. The van der Waals surface area contributed by atoms with Gasteiger partial charge in [0.25, 0.3) is 0 Å². The SMILES string of the molecule is NCCc1cc(F)cc(OCCCc2ccccc2)c1. The van der Waals surface area contributed by atoms with Gasteiger partial charge >= 0.3 is 0 Å². The maximum atomic E-state index is 13.4. The molecule has 20 heavy (non-hydrogen) atoms. The van der Waals surface area contributed by atoms with Crippen molar-refractivity contribution in [2.45, 2.75) is 19.3 Å². The van der Waals surface area contributed by atoms with E-state index in [0.29, 0.717) is 25.3 Å². The molecule has 2 aromatic carbocycles. The van der Waals surface area contributed by atoms with Crippen LogP contribution < -0.4 is 10.5 Å². The van der Waals surface area contributed by atoms with Crippen LogP contribution in [-0.2, 0) is 12.8 Å². The Kier molecular flexibility index (Phi) is 5.56. The molecule has 0 unspecified atom stereocenters. The lowest BCUT2D eigenvalue weighted by Crippen LogP contribution is -2.04. The fourth-order valence-corrected chi connectivity index (χ4v) is 2.13. The van der Waals surface area contributed by atoms with Crippen molar-refractivity contribution in [1.29, 1.82) is 0 Å². The zero-order valence-electron chi connectivity index (χ0n) is 11.5. The number of ether oxygens (including phenoxy) is 1. The van der Waals surface area contributed by atoms with Gasteiger partial charge in [0, 0.05) is 6.07 Å². The molecule has 0 aromatic heterocycles. The van der Waals surface area contributed by atoms with Crippen molar-refractivity contribution in [3.05, 3.63) is 65.5 Å². The van der Waals surface area contributed by atoms with Gasteiger partial charge in [0.1, 0.15) is 11.6 Å². The number of hydrogen-bond acceptors (Lipinski definition) is 2. The van der Waals surface area contributed by atoms with E-state index < -0.39 is 0 Å². The standard InChI is InChI=1S/C17H20FNO/c18-16-11-15(8-9-19)12-17(13-16)20-10-4-7-14-5-2-1-3-6-14/h1-3,5-6,11-13H,4,7-10,19H2. The van der Waals surface area contributed by atoms with E-state index in [1.807, 2.05) is 24.3 Å². The lowest BCUT2D eigenvalue weighted by Gasteiger charge is -2.08. The molecule has 2 rings (SSSR count). The van der Waals surface area contributed by atoms with Crippen LogP contribution in [0.5, 0.6) is 5.75 Å². The van der Waals surface area contributed by atoms with Gasteiger partial charge in [-0.15, -0.1) is 0 Å². The molecule has 0 atom stereocenters. The van der Waals surface area contributed by atoms with E-state index in [-0.39, 0.29) is 5.82 Å². The fourth-order valence-electron chi connectivity index (χ4n) is 2.13. The van der Waals surface area contributed by atoms with Crippen LogP contribution in [0.1, 0.15) is 17.5 Å². The summed E-state index contributed by atoms with van der Waals surface area (Å²) in [5.41, 5.74) is 7.65. The molecule has 0 saturated carbocycles. The Morgan fingerprint density at radius 3 is 2.50 bits per heavy atom. The summed E-state index contributed by atoms with van der Waals surface area (Å²) >= 11 is 0. The third-order valence-corrected chi connectivity index (χ3v) is 3.09. The third kappa shape index (κ3) is 4.67. The summed E-state index contributed by atoms with van der Waals surface area (Å²) in [5.74, 6) is 0.315. The summed E-state index contributed by atoms with van der Waals surface area (Å²) in [7, 11) is 0. The van der Waals surface area contributed by atoms with Crippen LogP contribution in [-0.4, -0.2) is 13.2 Å². The molecule has 0 bridgehead atoms. The maximum Gasteiger partial charge on any atom is 0.127 e. The average Bonchev–Trinajstić information content (AvgIpc) is 2.45. The molecule has 0 aliphatic carbocycles. The van der Waals surface area contributed by atoms with E-state index >= 15 is 0 Å². The lowest BCUT2D eigenvalue weighted by atomic mass is 10.1. The first-order chi connectivity index (χ1) is 9.78. The van der Waals surface area contributed by atoms with Gasteiger partial charge in [-0.2, -0.15) is 0 Å². The molecule has 106 valence electrons. The minimum absolute atomic E-state index is 0.269. The Hall–Kier alpha value is -1.87. The van der Waals surface area contributed by atoms with Crippen molar-refractivity contribution >= 4 is 0 Å². The van der Waals surface area contributed by atoms with Gasteiger partial charge in [0.15, 0.2) is 0 Å². The number of nitrogens with two attached hydrogens (primary N) is 1. The summed E-state index contributed by atoms with van der Waals surface area (Å²) in [5, 5.41) is 0. The zero-order chi connectivity index (χ0) is 14.2. The van der Waals surface area contributed by atoms with Crippen molar-refractivity contribution in [2.75, 3.05) is 13.2 Å². The highest BCUT2D eigenvalue weighted by atomic mass is 19.1. The third-order valence-electron chi connectivity index (χ3n) is 3.09. The first-order valence-electron chi connectivity index (χ1n) is 6.94. The van der Waals surface area contributed by atoms with Gasteiger partial charge in [0.2, 0.25) is 0 Å². The molecule has 0 heterocycles. The molecule has 0 aliphatic heterocycles. The quantitative estimate of drug-likeness (QED) is 0.785. The number of aryl methyl sites for hydroxylation is 1. The Labute approximate surface area is 119 Å². The summed E-state index contributed by atoms with van der Waals surface area (Å²) in [4.78, 5) is 0. The van der Waals surface area contributed by atoms with E-state index in [4.69, 9.17) is 10.5 Å². The fraction of sp³-hybridized carbons (Fsp3) is 0.294. The molecular weight excluding hydrogens is 253 g/mol. The number of benzene rings is 2. The van der Waals surface area contributed by atoms with Crippen LogP contribution >= 0.6 is 0 Å². The average molecular weight is 273 g/mol. The molecule has 3 heteroatoms. The molecule has 2 N–H and O–H groups in total. The maximum absolute atomic E-state index is 13.4. The van der Waals surface area contributed by atoms with Crippen molar-refractivity contribution in [3.63, 3.8) is 0 Å². The molecule has 0 radical (unpaired) electrons. The largest absolute Gasteiger partial charge is 0.493 e. The van der Waals surface area contributed by atoms with Crippen LogP contribution in [0, 0.1) is 5.82 Å². The lowest BCUT2D eigenvalue weighted by molar-refractivity contribution is 0.309. The molecule has 2 aromatic rings. The number of hydrogen-bond donors (Lipinski definition) is 1. The Bertz CT molecular complexity index is 528. The van der Waals surface area contributed by atoms with E-state index in [1.165, 1.54) is 17.7 Å². The second kappa shape index (κ2) is 7.65. The zero-order valence-corrected chi connectivity index (χ0v) is 11.5. The Morgan fingerprint density at radius 2 is 1.75 bits per heavy atom. The minimum Gasteiger partial charge on any atom is -0.493 e. The summed E-state index contributed by atoms with van der Waals surface area (Å²) < 4.78 is 19.0. The monoisotopic (exact) mass is 273 g/mol. The van der Waals surface area contributed by atoms with Gasteiger partial charge in [-0.25, -0.2) is 4.39 Å². The summed E-state index contributed by atoms with van der Waals surface area (Å²) in [6.45, 7) is 1.09.